The summed E-state index contributed by atoms with van der Waals surface area (Å²) < 4.78 is 37.7. The summed E-state index contributed by atoms with van der Waals surface area (Å²) in [6, 6.07) is 3.36. The minimum atomic E-state index is -4.07. The predicted molar refractivity (Wildman–Crippen MR) is 69.3 cm³/mol. The number of rotatable bonds is 3. The third-order valence-electron chi connectivity index (χ3n) is 3.84. The molecule has 1 heterocycles. The number of halogens is 3. The first-order valence-electron chi connectivity index (χ1n) is 6.82. The summed E-state index contributed by atoms with van der Waals surface area (Å²) in [5, 5.41) is 12.8. The van der Waals surface area contributed by atoms with Gasteiger partial charge in [0.2, 0.25) is 0 Å². The molecule has 0 bridgehead atoms. The summed E-state index contributed by atoms with van der Waals surface area (Å²) in [6.45, 7) is 2.21. The van der Waals surface area contributed by atoms with Crippen molar-refractivity contribution in [2.24, 2.45) is 5.92 Å². The molecule has 3 nitrogen and oxygen atoms in total. The van der Waals surface area contributed by atoms with Gasteiger partial charge in [-0.1, -0.05) is 0 Å². The van der Waals surface area contributed by atoms with Crippen molar-refractivity contribution in [1.82, 2.24) is 10.3 Å². The number of aromatic hydroxyl groups is 1. The zero-order chi connectivity index (χ0) is 14.8. The van der Waals surface area contributed by atoms with Gasteiger partial charge in [0, 0.05) is 18.3 Å². The van der Waals surface area contributed by atoms with Crippen molar-refractivity contribution in [2.45, 2.75) is 51.4 Å². The highest BCUT2D eigenvalue weighted by Gasteiger charge is 2.41. The lowest BCUT2D eigenvalue weighted by atomic mass is 9.85. The van der Waals surface area contributed by atoms with E-state index in [2.05, 4.69) is 10.3 Å². The van der Waals surface area contributed by atoms with Crippen LogP contribution in [0.3, 0.4) is 0 Å². The summed E-state index contributed by atoms with van der Waals surface area (Å²) in [5.74, 6) is -1.04. The zero-order valence-corrected chi connectivity index (χ0v) is 11.4. The molecule has 1 saturated carbocycles. The second-order valence-corrected chi connectivity index (χ2v) is 5.39. The highest BCUT2D eigenvalue weighted by Crippen LogP contribution is 2.37. The van der Waals surface area contributed by atoms with Gasteiger partial charge >= 0.3 is 6.18 Å². The molecule has 0 unspecified atom stereocenters. The molecule has 0 aromatic carbocycles. The maximum atomic E-state index is 12.6. The number of aryl methyl sites for hydroxylation is 1. The van der Waals surface area contributed by atoms with E-state index in [-0.39, 0.29) is 24.6 Å². The number of aromatic nitrogens is 1. The summed E-state index contributed by atoms with van der Waals surface area (Å²) in [5.41, 5.74) is 1.35. The molecule has 0 spiro atoms. The van der Waals surface area contributed by atoms with Crippen molar-refractivity contribution in [3.63, 3.8) is 0 Å². The molecule has 1 fully saturated rings. The fraction of sp³-hybridized carbons (Fsp3) is 0.643. The lowest BCUT2D eigenvalue weighted by molar-refractivity contribution is -0.182. The summed E-state index contributed by atoms with van der Waals surface area (Å²) >= 11 is 0. The van der Waals surface area contributed by atoms with E-state index >= 15 is 0 Å². The molecule has 1 aromatic rings. The molecule has 0 saturated heterocycles. The van der Waals surface area contributed by atoms with Crippen LogP contribution in [0.15, 0.2) is 12.1 Å². The Morgan fingerprint density at radius 1 is 1.25 bits per heavy atom. The Kier molecular flexibility index (Phi) is 4.52. The van der Waals surface area contributed by atoms with E-state index in [9.17, 15) is 18.3 Å². The molecule has 1 aromatic heterocycles. The SMILES string of the molecule is Cc1ccc(O)c(CNC2CCC(C(F)(F)F)CC2)n1. The van der Waals surface area contributed by atoms with Gasteiger partial charge in [-0.15, -0.1) is 0 Å². The van der Waals surface area contributed by atoms with E-state index in [1.165, 1.54) is 0 Å². The largest absolute Gasteiger partial charge is 0.506 e. The first kappa shape index (κ1) is 15.1. The van der Waals surface area contributed by atoms with Crippen molar-refractivity contribution in [2.75, 3.05) is 0 Å². The van der Waals surface area contributed by atoms with Crippen LogP contribution in [0, 0.1) is 12.8 Å². The molecule has 0 amide bonds. The molecule has 2 rings (SSSR count). The van der Waals surface area contributed by atoms with Gasteiger partial charge < -0.3 is 10.4 Å². The van der Waals surface area contributed by atoms with Crippen LogP contribution in [0.25, 0.3) is 0 Å². The second kappa shape index (κ2) is 5.99. The van der Waals surface area contributed by atoms with Crippen LogP contribution < -0.4 is 5.32 Å². The van der Waals surface area contributed by atoms with Crippen LogP contribution >= 0.6 is 0 Å². The summed E-state index contributed by atoms with van der Waals surface area (Å²) in [7, 11) is 0. The van der Waals surface area contributed by atoms with Gasteiger partial charge in [-0.3, -0.25) is 4.98 Å². The Labute approximate surface area is 116 Å². The van der Waals surface area contributed by atoms with Crippen LogP contribution in [0.5, 0.6) is 5.75 Å². The standard InChI is InChI=1S/C14H19F3N2O/c1-9-2-7-13(20)12(19-9)8-18-11-5-3-10(4-6-11)14(15,16)17/h2,7,10-11,18,20H,3-6,8H2,1H3. The monoisotopic (exact) mass is 288 g/mol. The van der Waals surface area contributed by atoms with Gasteiger partial charge in [0.25, 0.3) is 0 Å². The van der Waals surface area contributed by atoms with Gasteiger partial charge in [0.15, 0.2) is 0 Å². The minimum absolute atomic E-state index is 0.0651. The topological polar surface area (TPSA) is 45.1 Å². The summed E-state index contributed by atoms with van der Waals surface area (Å²) in [6.07, 6.45) is -2.70. The Balaban J connectivity index is 1.83. The van der Waals surface area contributed by atoms with Crippen molar-refractivity contribution in [3.05, 3.63) is 23.5 Å². The lowest BCUT2D eigenvalue weighted by Crippen LogP contribution is -2.36. The van der Waals surface area contributed by atoms with E-state index in [1.807, 2.05) is 6.92 Å². The molecule has 1 aliphatic carbocycles. The summed E-state index contributed by atoms with van der Waals surface area (Å²) in [4.78, 5) is 4.22. The molecule has 6 heteroatoms. The molecular weight excluding hydrogens is 269 g/mol. The highest BCUT2D eigenvalue weighted by molar-refractivity contribution is 5.27. The lowest BCUT2D eigenvalue weighted by Gasteiger charge is -2.30. The Bertz CT molecular complexity index is 454. The highest BCUT2D eigenvalue weighted by atomic mass is 19.4. The number of pyridine rings is 1. The van der Waals surface area contributed by atoms with Gasteiger partial charge in [-0.25, -0.2) is 0 Å². The third-order valence-corrected chi connectivity index (χ3v) is 3.84. The van der Waals surface area contributed by atoms with E-state index in [0.29, 0.717) is 25.1 Å². The number of hydrogen-bond acceptors (Lipinski definition) is 3. The molecule has 2 N–H and O–H groups in total. The van der Waals surface area contributed by atoms with Crippen molar-refractivity contribution in [1.29, 1.82) is 0 Å². The normalized spacial score (nSPS) is 23.8. The van der Waals surface area contributed by atoms with Gasteiger partial charge in [0.05, 0.1) is 11.6 Å². The molecule has 0 aliphatic heterocycles. The average molecular weight is 288 g/mol. The maximum absolute atomic E-state index is 12.6. The van der Waals surface area contributed by atoms with E-state index in [4.69, 9.17) is 0 Å². The fourth-order valence-electron chi connectivity index (χ4n) is 2.60. The quantitative estimate of drug-likeness (QED) is 0.897. The molecule has 0 radical (unpaired) electrons. The molecule has 112 valence electrons. The first-order valence-corrected chi connectivity index (χ1v) is 6.82. The van der Waals surface area contributed by atoms with Gasteiger partial charge in [-0.05, 0) is 44.7 Å². The van der Waals surface area contributed by atoms with Crippen LogP contribution in [-0.4, -0.2) is 22.3 Å². The number of nitrogens with one attached hydrogen (secondary N) is 1. The minimum Gasteiger partial charge on any atom is -0.506 e. The van der Waals surface area contributed by atoms with Crippen molar-refractivity contribution < 1.29 is 18.3 Å². The Hall–Kier alpha value is -1.30. The predicted octanol–water partition coefficient (Wildman–Crippen LogP) is 3.31. The van der Waals surface area contributed by atoms with Gasteiger partial charge in [-0.2, -0.15) is 13.2 Å². The first-order chi connectivity index (χ1) is 9.36. The zero-order valence-electron chi connectivity index (χ0n) is 11.4. The Morgan fingerprint density at radius 2 is 1.90 bits per heavy atom. The molecule has 0 atom stereocenters. The maximum Gasteiger partial charge on any atom is 0.391 e. The number of hydrogen-bond donors (Lipinski definition) is 2. The van der Waals surface area contributed by atoms with E-state index in [1.54, 1.807) is 12.1 Å². The fourth-order valence-corrected chi connectivity index (χ4v) is 2.60. The van der Waals surface area contributed by atoms with Crippen LogP contribution in [-0.2, 0) is 6.54 Å². The van der Waals surface area contributed by atoms with Crippen molar-refractivity contribution in [3.8, 4) is 5.75 Å². The van der Waals surface area contributed by atoms with Crippen LogP contribution in [0.2, 0.25) is 0 Å². The Morgan fingerprint density at radius 3 is 2.50 bits per heavy atom. The second-order valence-electron chi connectivity index (χ2n) is 5.39. The molecule has 1 aliphatic rings. The molecule has 20 heavy (non-hydrogen) atoms. The van der Waals surface area contributed by atoms with Crippen LogP contribution in [0.1, 0.15) is 37.1 Å². The van der Waals surface area contributed by atoms with Crippen LogP contribution in [0.4, 0.5) is 13.2 Å². The third kappa shape index (κ3) is 3.85. The van der Waals surface area contributed by atoms with E-state index < -0.39 is 12.1 Å². The number of nitrogens with zero attached hydrogens (tertiary/aromatic N) is 1. The van der Waals surface area contributed by atoms with Crippen molar-refractivity contribution >= 4 is 0 Å². The van der Waals surface area contributed by atoms with Gasteiger partial charge in [0.1, 0.15) is 5.75 Å². The number of alkyl halides is 3. The molecular formula is C14H19F3N2O. The smallest absolute Gasteiger partial charge is 0.391 e. The average Bonchev–Trinajstić information content (AvgIpc) is 2.39. The van der Waals surface area contributed by atoms with E-state index in [0.717, 1.165) is 5.69 Å².